The molecule has 160 valence electrons. The molecular formula is C26H35N3S. The van der Waals surface area contributed by atoms with Crippen LogP contribution in [0.15, 0.2) is 48.0 Å². The number of aryl methyl sites for hydroxylation is 1. The topological polar surface area (TPSA) is 37.8 Å². The Bertz CT molecular complexity index is 893. The number of thioether (sulfide) groups is 1. The molecule has 30 heavy (non-hydrogen) atoms. The molecule has 1 fully saturated rings. The first-order valence-corrected chi connectivity index (χ1v) is 12.1. The number of anilines is 1. The van der Waals surface area contributed by atoms with Crippen molar-refractivity contribution < 1.29 is 0 Å². The highest BCUT2D eigenvalue weighted by molar-refractivity contribution is 8.12. The van der Waals surface area contributed by atoms with E-state index in [-0.39, 0.29) is 0 Å². The van der Waals surface area contributed by atoms with Gasteiger partial charge in [0.15, 0.2) is 0 Å². The lowest BCUT2D eigenvalue weighted by Gasteiger charge is -2.21. The van der Waals surface area contributed by atoms with Gasteiger partial charge in [0.05, 0.1) is 5.69 Å². The molecule has 1 heterocycles. The zero-order chi connectivity index (χ0) is 21.5. The maximum Gasteiger partial charge on any atom is 0.223 e. The van der Waals surface area contributed by atoms with Gasteiger partial charge in [-0.25, -0.2) is 9.97 Å². The number of allylic oxidation sites excluding steroid dienone is 2. The Morgan fingerprint density at radius 1 is 1.20 bits per heavy atom. The van der Waals surface area contributed by atoms with Crippen molar-refractivity contribution in [1.29, 1.82) is 0 Å². The van der Waals surface area contributed by atoms with Gasteiger partial charge in [-0.2, -0.15) is 0 Å². The van der Waals surface area contributed by atoms with Crippen LogP contribution >= 0.6 is 11.8 Å². The first-order chi connectivity index (χ1) is 14.5. The van der Waals surface area contributed by atoms with Gasteiger partial charge in [0.25, 0.3) is 0 Å². The lowest BCUT2D eigenvalue weighted by Crippen LogP contribution is -2.07. The van der Waals surface area contributed by atoms with Crippen LogP contribution in [-0.4, -0.2) is 16.0 Å². The third-order valence-corrected chi connectivity index (χ3v) is 6.87. The number of nitrogens with zero attached hydrogens (tertiary/aromatic N) is 2. The SMILES string of the molecule is C=C(S/C(=C(\C)c1cccc(C)c1)c1ccnc(NC2CC2)n1)C(CCC)CCC. The van der Waals surface area contributed by atoms with Gasteiger partial charge >= 0.3 is 0 Å². The molecule has 1 aromatic heterocycles. The van der Waals surface area contributed by atoms with E-state index in [1.807, 2.05) is 12.3 Å². The molecule has 0 saturated heterocycles. The van der Waals surface area contributed by atoms with Gasteiger partial charge in [-0.1, -0.05) is 74.9 Å². The van der Waals surface area contributed by atoms with E-state index >= 15 is 0 Å². The highest BCUT2D eigenvalue weighted by Gasteiger charge is 2.23. The Morgan fingerprint density at radius 2 is 1.93 bits per heavy atom. The predicted octanol–water partition coefficient (Wildman–Crippen LogP) is 7.71. The summed E-state index contributed by atoms with van der Waals surface area (Å²) in [5, 5.41) is 3.44. The van der Waals surface area contributed by atoms with E-state index in [9.17, 15) is 0 Å². The molecule has 0 unspecified atom stereocenters. The second kappa shape index (κ2) is 10.8. The van der Waals surface area contributed by atoms with Gasteiger partial charge in [-0.3, -0.25) is 0 Å². The molecule has 0 bridgehead atoms. The Hall–Kier alpha value is -2.07. The molecule has 3 nitrogen and oxygen atoms in total. The molecule has 0 radical (unpaired) electrons. The lowest BCUT2D eigenvalue weighted by molar-refractivity contribution is 0.524. The van der Waals surface area contributed by atoms with Crippen molar-refractivity contribution in [2.75, 3.05) is 5.32 Å². The molecule has 1 N–H and O–H groups in total. The molecule has 3 rings (SSSR count). The summed E-state index contributed by atoms with van der Waals surface area (Å²) in [5.74, 6) is 1.27. The van der Waals surface area contributed by atoms with Crippen LogP contribution in [0.3, 0.4) is 0 Å². The van der Waals surface area contributed by atoms with E-state index in [1.54, 1.807) is 11.8 Å². The average Bonchev–Trinajstić information content (AvgIpc) is 3.55. The Kier molecular flexibility index (Phi) is 8.15. The number of rotatable bonds is 11. The van der Waals surface area contributed by atoms with E-state index in [1.165, 1.54) is 65.0 Å². The predicted molar refractivity (Wildman–Crippen MR) is 132 cm³/mol. The fraction of sp³-hybridized carbons (Fsp3) is 0.462. The molecular weight excluding hydrogens is 386 g/mol. The van der Waals surface area contributed by atoms with Crippen LogP contribution in [0.25, 0.3) is 10.5 Å². The normalized spacial score (nSPS) is 14.6. The van der Waals surface area contributed by atoms with Crippen molar-refractivity contribution in [3.05, 3.63) is 64.8 Å². The summed E-state index contributed by atoms with van der Waals surface area (Å²) in [4.78, 5) is 11.8. The van der Waals surface area contributed by atoms with Crippen LogP contribution in [0.5, 0.6) is 0 Å². The number of hydrogen-bond donors (Lipinski definition) is 1. The molecule has 0 aliphatic heterocycles. The molecule has 2 aromatic rings. The molecule has 0 atom stereocenters. The highest BCUT2D eigenvalue weighted by Crippen LogP contribution is 2.43. The fourth-order valence-electron chi connectivity index (χ4n) is 3.67. The first kappa shape index (κ1) is 22.6. The van der Waals surface area contributed by atoms with Crippen molar-refractivity contribution in [1.82, 2.24) is 9.97 Å². The maximum atomic E-state index is 4.88. The van der Waals surface area contributed by atoms with Crippen molar-refractivity contribution in [2.45, 2.75) is 72.3 Å². The number of hydrogen-bond acceptors (Lipinski definition) is 4. The van der Waals surface area contributed by atoms with E-state index in [4.69, 9.17) is 4.98 Å². The number of aromatic nitrogens is 2. The molecule has 1 aliphatic rings. The summed E-state index contributed by atoms with van der Waals surface area (Å²) in [5.41, 5.74) is 4.73. The van der Waals surface area contributed by atoms with Crippen LogP contribution in [-0.2, 0) is 0 Å². The number of nitrogens with one attached hydrogen (secondary N) is 1. The standard InChI is InChI=1S/C26H35N3S/c1-6-9-21(10-7-2)20(5)30-25(19(4)22-12-8-11-18(3)17-22)24-15-16-27-26(29-24)28-23-13-14-23/h8,11-12,15-17,21,23H,5-7,9-10,13-14H2,1-4H3,(H,27,28,29)/b25-19+. The van der Waals surface area contributed by atoms with E-state index < -0.39 is 0 Å². The molecule has 1 aromatic carbocycles. The highest BCUT2D eigenvalue weighted by atomic mass is 32.2. The van der Waals surface area contributed by atoms with E-state index in [0.717, 1.165) is 11.6 Å². The second-order valence-electron chi connectivity index (χ2n) is 8.35. The minimum absolute atomic E-state index is 0.534. The second-order valence-corrected chi connectivity index (χ2v) is 9.49. The lowest BCUT2D eigenvalue weighted by atomic mass is 9.98. The molecule has 1 aliphatic carbocycles. The molecule has 4 heteroatoms. The minimum atomic E-state index is 0.534. The third kappa shape index (κ3) is 6.21. The first-order valence-electron chi connectivity index (χ1n) is 11.3. The summed E-state index contributed by atoms with van der Waals surface area (Å²) in [6, 6.07) is 11.3. The van der Waals surface area contributed by atoms with Gasteiger partial charge in [0.1, 0.15) is 0 Å². The molecule has 0 amide bonds. The van der Waals surface area contributed by atoms with Crippen molar-refractivity contribution >= 4 is 28.2 Å². The van der Waals surface area contributed by atoms with E-state index in [2.05, 4.69) is 68.8 Å². The average molecular weight is 422 g/mol. The fourth-order valence-corrected chi connectivity index (χ4v) is 4.83. The summed E-state index contributed by atoms with van der Waals surface area (Å²) in [6.07, 6.45) is 9.03. The summed E-state index contributed by atoms with van der Waals surface area (Å²) in [7, 11) is 0. The Morgan fingerprint density at radius 3 is 2.57 bits per heavy atom. The minimum Gasteiger partial charge on any atom is -0.351 e. The van der Waals surface area contributed by atoms with Crippen LogP contribution in [0.4, 0.5) is 5.95 Å². The monoisotopic (exact) mass is 421 g/mol. The largest absolute Gasteiger partial charge is 0.351 e. The van der Waals surface area contributed by atoms with Gasteiger partial charge < -0.3 is 5.32 Å². The Labute approximate surface area is 186 Å². The summed E-state index contributed by atoms with van der Waals surface area (Å²) >= 11 is 1.80. The molecule has 1 saturated carbocycles. The number of benzene rings is 1. The maximum absolute atomic E-state index is 4.88. The Balaban J connectivity index is 1.98. The van der Waals surface area contributed by atoms with Crippen LogP contribution in [0, 0.1) is 12.8 Å². The van der Waals surface area contributed by atoms with Crippen LogP contribution < -0.4 is 5.32 Å². The van der Waals surface area contributed by atoms with Crippen LogP contribution in [0.2, 0.25) is 0 Å². The quantitative estimate of drug-likeness (QED) is 0.403. The van der Waals surface area contributed by atoms with Crippen molar-refractivity contribution in [3.8, 4) is 0 Å². The van der Waals surface area contributed by atoms with E-state index in [0.29, 0.717) is 12.0 Å². The van der Waals surface area contributed by atoms with Gasteiger partial charge in [-0.05, 0) is 67.6 Å². The summed E-state index contributed by atoms with van der Waals surface area (Å²) in [6.45, 7) is 13.4. The van der Waals surface area contributed by atoms with Crippen molar-refractivity contribution in [3.63, 3.8) is 0 Å². The molecule has 0 spiro atoms. The van der Waals surface area contributed by atoms with Gasteiger partial charge in [0, 0.05) is 17.1 Å². The summed E-state index contributed by atoms with van der Waals surface area (Å²) < 4.78 is 0. The smallest absolute Gasteiger partial charge is 0.223 e. The van der Waals surface area contributed by atoms with Gasteiger partial charge in [-0.15, -0.1) is 0 Å². The zero-order valence-electron chi connectivity index (χ0n) is 18.9. The van der Waals surface area contributed by atoms with Crippen molar-refractivity contribution in [2.24, 2.45) is 5.92 Å². The van der Waals surface area contributed by atoms with Crippen LogP contribution in [0.1, 0.15) is 76.1 Å². The third-order valence-electron chi connectivity index (χ3n) is 5.55. The van der Waals surface area contributed by atoms with Gasteiger partial charge in [0.2, 0.25) is 5.95 Å². The zero-order valence-corrected chi connectivity index (χ0v) is 19.7.